The number of ketones is 1. The number of hydrogen-bond donors (Lipinski definition) is 3. The number of hydrogen-bond acceptors (Lipinski definition) is 8. The first kappa shape index (κ1) is 34.8. The number of rotatable bonds is 13. The minimum atomic E-state index is -2.24. The number of esters is 2. The van der Waals surface area contributed by atoms with E-state index in [0.29, 0.717) is 18.4 Å². The van der Waals surface area contributed by atoms with Crippen LogP contribution in [0.4, 0.5) is 0 Å². The molecule has 1 spiro atoms. The molecule has 0 saturated heterocycles. The maximum absolute atomic E-state index is 14.8. The van der Waals surface area contributed by atoms with Crippen LogP contribution in [0, 0.1) is 40.4 Å². The number of carbonyl (C=O) groups is 3. The van der Waals surface area contributed by atoms with Crippen LogP contribution in [-0.2, 0) is 23.9 Å². The van der Waals surface area contributed by atoms with Gasteiger partial charge in [0.2, 0.25) is 0 Å². The van der Waals surface area contributed by atoms with Crippen molar-refractivity contribution in [2.75, 3.05) is 6.61 Å². The summed E-state index contributed by atoms with van der Waals surface area (Å²) >= 11 is 0. The van der Waals surface area contributed by atoms with E-state index in [-0.39, 0.29) is 23.2 Å². The highest BCUT2D eigenvalue weighted by atomic mass is 16.6. The second-order valence-corrected chi connectivity index (χ2v) is 15.2. The van der Waals surface area contributed by atoms with Crippen molar-refractivity contribution < 1.29 is 39.2 Å². The Hall–Kier alpha value is -2.03. The number of fused-ring (bicyclic) bond motifs is 3. The Kier molecular flexibility index (Phi) is 10.0. The van der Waals surface area contributed by atoms with E-state index in [0.717, 1.165) is 19.3 Å². The molecule has 9 atom stereocenters. The second kappa shape index (κ2) is 12.6. The Labute approximate surface area is 263 Å². The summed E-state index contributed by atoms with van der Waals surface area (Å²) in [5.74, 6) is -3.39. The van der Waals surface area contributed by atoms with Crippen LogP contribution in [0.3, 0.4) is 0 Å². The van der Waals surface area contributed by atoms with Crippen LogP contribution in [0.25, 0.3) is 0 Å². The molecule has 0 radical (unpaired) electrons. The van der Waals surface area contributed by atoms with Crippen molar-refractivity contribution in [2.45, 2.75) is 137 Å². The van der Waals surface area contributed by atoms with E-state index >= 15 is 0 Å². The van der Waals surface area contributed by atoms with Crippen molar-refractivity contribution in [3.8, 4) is 0 Å². The molecule has 0 heterocycles. The molecule has 248 valence electrons. The zero-order valence-corrected chi connectivity index (χ0v) is 28.2. The number of Topliss-reactive ketones (excluding diaryl/α,β-unsaturated/α-hetero) is 1. The third-order valence-corrected chi connectivity index (χ3v) is 11.9. The molecule has 2 saturated carbocycles. The van der Waals surface area contributed by atoms with E-state index in [1.807, 2.05) is 34.6 Å². The largest absolute Gasteiger partial charge is 0.458 e. The SMILES string of the molecule is CCCCCCCCCC(=O)O[C@@]12C[C@@H](C)[C@]34C=C(C)[C@H](OC(=O)C(C)C(C)C)[C@]3(O)[C@H](O)C(CO)=C[C@H](C4=O)[C@@H]1C2(C)C. The minimum Gasteiger partial charge on any atom is -0.458 e. The third-order valence-electron chi connectivity index (χ3n) is 11.9. The molecule has 44 heavy (non-hydrogen) atoms. The van der Waals surface area contributed by atoms with Gasteiger partial charge in [-0.25, -0.2) is 0 Å². The first-order chi connectivity index (χ1) is 20.6. The first-order valence-corrected chi connectivity index (χ1v) is 17.0. The molecule has 4 aliphatic rings. The third kappa shape index (κ3) is 5.21. The summed E-state index contributed by atoms with van der Waals surface area (Å²) in [4.78, 5) is 41.3. The van der Waals surface area contributed by atoms with Gasteiger partial charge in [0, 0.05) is 23.7 Å². The maximum atomic E-state index is 14.8. The van der Waals surface area contributed by atoms with Gasteiger partial charge in [0.15, 0.2) is 17.5 Å². The van der Waals surface area contributed by atoms with Crippen molar-refractivity contribution in [3.05, 3.63) is 23.3 Å². The van der Waals surface area contributed by atoms with Gasteiger partial charge in [-0.3, -0.25) is 14.4 Å². The Morgan fingerprint density at radius 1 is 1.07 bits per heavy atom. The van der Waals surface area contributed by atoms with E-state index in [2.05, 4.69) is 6.92 Å². The molecule has 3 N–H and O–H groups in total. The van der Waals surface area contributed by atoms with Gasteiger partial charge >= 0.3 is 11.9 Å². The van der Waals surface area contributed by atoms with Gasteiger partial charge in [-0.2, -0.15) is 0 Å². The lowest BCUT2D eigenvalue weighted by molar-refractivity contribution is -0.206. The van der Waals surface area contributed by atoms with Crippen molar-refractivity contribution in [1.29, 1.82) is 0 Å². The number of aliphatic hydroxyl groups excluding tert-OH is 2. The highest BCUT2D eigenvalue weighted by molar-refractivity contribution is 5.96. The highest BCUT2D eigenvalue weighted by Gasteiger charge is 2.83. The van der Waals surface area contributed by atoms with Crippen molar-refractivity contribution in [3.63, 3.8) is 0 Å². The molecule has 1 unspecified atom stereocenters. The molecule has 4 aliphatic carbocycles. The molecule has 2 fully saturated rings. The van der Waals surface area contributed by atoms with Crippen LogP contribution in [0.1, 0.15) is 113 Å². The van der Waals surface area contributed by atoms with E-state index < -0.39 is 70.5 Å². The van der Waals surface area contributed by atoms with Gasteiger partial charge < -0.3 is 24.8 Å². The zero-order chi connectivity index (χ0) is 32.8. The van der Waals surface area contributed by atoms with Gasteiger partial charge in [-0.05, 0) is 42.7 Å². The number of unbranched alkanes of at least 4 members (excludes halogenated alkanes) is 6. The molecule has 2 bridgehead atoms. The molecular weight excluding hydrogens is 560 g/mol. The number of ether oxygens (including phenoxy) is 2. The minimum absolute atomic E-state index is 0.0171. The molecule has 0 aromatic carbocycles. The Morgan fingerprint density at radius 2 is 1.68 bits per heavy atom. The van der Waals surface area contributed by atoms with Crippen molar-refractivity contribution in [1.82, 2.24) is 0 Å². The number of aliphatic hydroxyl groups is 3. The second-order valence-electron chi connectivity index (χ2n) is 15.2. The average Bonchev–Trinajstić information content (AvgIpc) is 3.36. The van der Waals surface area contributed by atoms with Crippen LogP contribution in [0.15, 0.2) is 23.3 Å². The monoisotopic (exact) mass is 616 g/mol. The Bertz CT molecular complexity index is 1180. The number of carbonyl (C=O) groups excluding carboxylic acids is 3. The summed E-state index contributed by atoms with van der Waals surface area (Å²) in [5, 5.41) is 34.9. The maximum Gasteiger partial charge on any atom is 0.309 e. The topological polar surface area (TPSA) is 130 Å². The smallest absolute Gasteiger partial charge is 0.309 e. The standard InChI is InChI=1S/C36H56O8/c1-9-10-11-12-13-14-15-16-27(38)44-35-19-23(5)34-18-22(4)31(43-32(41)24(6)21(2)3)36(34,42)29(39)25(20-37)17-26(30(34)40)28(35)33(35,7)8/h17-18,21,23-24,26,28-29,31,37,39,42H,9-16,19-20H2,1-8H3/t23-,24?,26+,28-,29-,31+,34+,35+,36-/m1/s1. The lowest BCUT2D eigenvalue weighted by Gasteiger charge is -2.49. The molecule has 0 amide bonds. The van der Waals surface area contributed by atoms with E-state index in [9.17, 15) is 29.7 Å². The van der Waals surface area contributed by atoms with Gasteiger partial charge in [-0.15, -0.1) is 0 Å². The lowest BCUT2D eigenvalue weighted by atomic mass is 9.59. The van der Waals surface area contributed by atoms with Gasteiger partial charge in [0.1, 0.15) is 11.7 Å². The summed E-state index contributed by atoms with van der Waals surface area (Å²) < 4.78 is 12.3. The first-order valence-electron chi connectivity index (χ1n) is 17.0. The van der Waals surface area contributed by atoms with Crippen LogP contribution < -0.4 is 0 Å². The molecule has 8 nitrogen and oxygen atoms in total. The summed E-state index contributed by atoms with van der Waals surface area (Å²) in [6.07, 6.45) is 8.55. The lowest BCUT2D eigenvalue weighted by Crippen LogP contribution is -2.66. The van der Waals surface area contributed by atoms with Gasteiger partial charge in [-0.1, -0.05) is 99.1 Å². The van der Waals surface area contributed by atoms with E-state index in [1.165, 1.54) is 25.7 Å². The van der Waals surface area contributed by atoms with Crippen LogP contribution in [0.5, 0.6) is 0 Å². The predicted molar refractivity (Wildman–Crippen MR) is 167 cm³/mol. The van der Waals surface area contributed by atoms with Crippen LogP contribution in [-0.4, -0.2) is 63.1 Å². The molecule has 4 rings (SSSR count). The molecule has 0 aromatic rings. The van der Waals surface area contributed by atoms with Crippen molar-refractivity contribution >= 4 is 17.7 Å². The molecular formula is C36H56O8. The molecule has 0 aliphatic heterocycles. The van der Waals surface area contributed by atoms with Crippen LogP contribution in [0.2, 0.25) is 0 Å². The summed E-state index contributed by atoms with van der Waals surface area (Å²) in [5.41, 5.74) is -4.77. The van der Waals surface area contributed by atoms with Gasteiger partial charge in [0.25, 0.3) is 0 Å². The summed E-state index contributed by atoms with van der Waals surface area (Å²) in [7, 11) is 0. The normalized spacial score (nSPS) is 37.6. The zero-order valence-electron chi connectivity index (χ0n) is 28.2. The van der Waals surface area contributed by atoms with Crippen LogP contribution >= 0.6 is 0 Å². The van der Waals surface area contributed by atoms with E-state index in [1.54, 1.807) is 26.0 Å². The number of allylic oxidation sites excluding steroid dienone is 1. The average molecular weight is 617 g/mol. The quantitative estimate of drug-likeness (QED) is 0.141. The Balaban J connectivity index is 1.68. The highest BCUT2D eigenvalue weighted by Crippen LogP contribution is 2.75. The summed E-state index contributed by atoms with van der Waals surface area (Å²) in [6, 6.07) is 0. The van der Waals surface area contributed by atoms with Crippen molar-refractivity contribution in [2.24, 2.45) is 40.4 Å². The fraction of sp³-hybridized carbons (Fsp3) is 0.806. The molecule has 8 heteroatoms. The fourth-order valence-corrected chi connectivity index (χ4v) is 8.87. The fourth-order valence-electron chi connectivity index (χ4n) is 8.87. The predicted octanol–water partition coefficient (Wildman–Crippen LogP) is 5.46. The van der Waals surface area contributed by atoms with Gasteiger partial charge in [0.05, 0.1) is 17.9 Å². The summed E-state index contributed by atoms with van der Waals surface area (Å²) in [6.45, 7) is 14.7. The Morgan fingerprint density at radius 3 is 2.27 bits per heavy atom. The molecule has 0 aromatic heterocycles. The van der Waals surface area contributed by atoms with E-state index in [4.69, 9.17) is 9.47 Å².